The molecule has 0 amide bonds. The first-order valence-corrected chi connectivity index (χ1v) is 6.58. The molecule has 2 aromatic rings. The number of nitrogens with zero attached hydrogens (tertiary/aromatic N) is 2. The first-order valence-electron chi connectivity index (χ1n) is 6.20. The van der Waals surface area contributed by atoms with E-state index in [0.29, 0.717) is 10.8 Å². The Morgan fingerprint density at radius 3 is 2.89 bits per heavy atom. The van der Waals surface area contributed by atoms with Crippen molar-refractivity contribution in [3.63, 3.8) is 0 Å². The molecule has 0 unspecified atom stereocenters. The molecule has 0 saturated heterocycles. The fraction of sp³-hybridized carbons (Fsp3) is 0.357. The lowest BCUT2D eigenvalue weighted by atomic mass is 10.2. The number of hydrogen-bond acceptors (Lipinski definition) is 3. The van der Waals surface area contributed by atoms with Gasteiger partial charge in [0.1, 0.15) is 11.6 Å². The van der Waals surface area contributed by atoms with Crippen LogP contribution in [0.4, 0.5) is 0 Å². The lowest BCUT2D eigenvalue weighted by Gasteiger charge is -2.07. The van der Waals surface area contributed by atoms with Crippen molar-refractivity contribution in [1.82, 2.24) is 14.9 Å². The first-order chi connectivity index (χ1) is 9.20. The zero-order valence-electron chi connectivity index (χ0n) is 11.2. The van der Waals surface area contributed by atoms with Crippen LogP contribution in [0.2, 0.25) is 5.02 Å². The highest BCUT2D eigenvalue weighted by Crippen LogP contribution is 2.24. The van der Waals surface area contributed by atoms with E-state index in [4.69, 9.17) is 16.3 Å². The summed E-state index contributed by atoms with van der Waals surface area (Å²) < 4.78 is 7.16. The molecule has 0 saturated carbocycles. The molecule has 0 aliphatic rings. The van der Waals surface area contributed by atoms with Crippen LogP contribution < -0.4 is 10.1 Å². The predicted octanol–water partition coefficient (Wildman–Crippen LogP) is 2.41. The number of aromatic nitrogens is 2. The van der Waals surface area contributed by atoms with Gasteiger partial charge in [0.2, 0.25) is 0 Å². The van der Waals surface area contributed by atoms with Gasteiger partial charge in [-0.25, -0.2) is 4.98 Å². The maximum Gasteiger partial charge on any atom is 0.137 e. The molecule has 2 rings (SSSR count). The summed E-state index contributed by atoms with van der Waals surface area (Å²) in [6.07, 6.45) is 4.69. The van der Waals surface area contributed by atoms with Crippen LogP contribution in [0, 0.1) is 0 Å². The van der Waals surface area contributed by atoms with Crippen LogP contribution in [0.5, 0.6) is 5.75 Å². The number of nitrogens with one attached hydrogen (secondary N) is 1. The number of halogens is 1. The number of benzene rings is 1. The van der Waals surface area contributed by atoms with Crippen molar-refractivity contribution in [3.05, 3.63) is 47.0 Å². The Morgan fingerprint density at radius 1 is 1.42 bits per heavy atom. The topological polar surface area (TPSA) is 39.1 Å². The van der Waals surface area contributed by atoms with Gasteiger partial charge in [0.25, 0.3) is 0 Å². The normalized spacial score (nSPS) is 10.7. The average Bonchev–Trinajstić information content (AvgIpc) is 2.80. The van der Waals surface area contributed by atoms with E-state index in [2.05, 4.69) is 10.3 Å². The Balaban J connectivity index is 1.80. The summed E-state index contributed by atoms with van der Waals surface area (Å²) in [6, 6.07) is 5.82. The van der Waals surface area contributed by atoms with Gasteiger partial charge in [0.05, 0.1) is 12.1 Å². The Bertz CT molecular complexity index is 539. The summed E-state index contributed by atoms with van der Waals surface area (Å²) in [5.74, 6) is 1.79. The number of imidazole rings is 1. The van der Waals surface area contributed by atoms with Crippen molar-refractivity contribution in [2.75, 3.05) is 13.7 Å². The van der Waals surface area contributed by atoms with E-state index >= 15 is 0 Å². The Kier molecular flexibility index (Phi) is 4.82. The summed E-state index contributed by atoms with van der Waals surface area (Å²) in [4.78, 5) is 4.28. The zero-order valence-corrected chi connectivity index (χ0v) is 11.9. The first kappa shape index (κ1) is 13.9. The third-order valence-electron chi connectivity index (χ3n) is 2.99. The standard InChI is InChI=1S/C14H18ClN3O/c1-18-8-7-17-14(18)5-6-16-10-11-3-4-13(19-2)12(15)9-11/h3-4,7-9,16H,5-6,10H2,1-2H3. The molecule has 0 fully saturated rings. The van der Waals surface area contributed by atoms with Gasteiger partial charge in [-0.15, -0.1) is 0 Å². The van der Waals surface area contributed by atoms with Crippen LogP contribution >= 0.6 is 11.6 Å². The molecule has 0 atom stereocenters. The van der Waals surface area contributed by atoms with Crippen LogP contribution in [0.15, 0.2) is 30.6 Å². The highest BCUT2D eigenvalue weighted by atomic mass is 35.5. The van der Waals surface area contributed by atoms with Crippen molar-refractivity contribution in [1.29, 1.82) is 0 Å². The summed E-state index contributed by atoms with van der Waals surface area (Å²) in [7, 11) is 3.62. The van der Waals surface area contributed by atoms with E-state index in [1.165, 1.54) is 0 Å². The minimum atomic E-state index is 0.644. The number of rotatable bonds is 6. The van der Waals surface area contributed by atoms with Gasteiger partial charge in [-0.1, -0.05) is 17.7 Å². The van der Waals surface area contributed by atoms with Crippen molar-refractivity contribution >= 4 is 11.6 Å². The second-order valence-corrected chi connectivity index (χ2v) is 4.76. The van der Waals surface area contributed by atoms with E-state index in [9.17, 15) is 0 Å². The highest BCUT2D eigenvalue weighted by molar-refractivity contribution is 6.32. The molecule has 0 radical (unpaired) electrons. The molecule has 0 bridgehead atoms. The molecule has 1 aromatic carbocycles. The molecule has 0 aliphatic heterocycles. The fourth-order valence-corrected chi connectivity index (χ4v) is 2.17. The van der Waals surface area contributed by atoms with Gasteiger partial charge in [0, 0.05) is 39.0 Å². The van der Waals surface area contributed by atoms with Crippen LogP contribution in [0.1, 0.15) is 11.4 Å². The van der Waals surface area contributed by atoms with Gasteiger partial charge < -0.3 is 14.6 Å². The maximum atomic E-state index is 6.08. The fourth-order valence-electron chi connectivity index (χ4n) is 1.89. The number of hydrogen-bond donors (Lipinski definition) is 1. The van der Waals surface area contributed by atoms with Gasteiger partial charge in [-0.05, 0) is 17.7 Å². The molecular formula is C14H18ClN3O. The molecule has 102 valence electrons. The van der Waals surface area contributed by atoms with E-state index < -0.39 is 0 Å². The van der Waals surface area contributed by atoms with Gasteiger partial charge >= 0.3 is 0 Å². The Morgan fingerprint density at radius 2 is 2.26 bits per heavy atom. The van der Waals surface area contributed by atoms with Crippen molar-refractivity contribution in [2.45, 2.75) is 13.0 Å². The molecule has 1 N–H and O–H groups in total. The summed E-state index contributed by atoms with van der Waals surface area (Å²) in [5.41, 5.74) is 1.14. The second kappa shape index (κ2) is 6.59. The molecule has 0 spiro atoms. The van der Waals surface area contributed by atoms with Crippen LogP contribution in [0.25, 0.3) is 0 Å². The lowest BCUT2D eigenvalue weighted by Crippen LogP contribution is -2.18. The average molecular weight is 280 g/mol. The minimum absolute atomic E-state index is 0.644. The van der Waals surface area contributed by atoms with Crippen molar-refractivity contribution < 1.29 is 4.74 Å². The number of aryl methyl sites for hydroxylation is 1. The van der Waals surface area contributed by atoms with Crippen LogP contribution in [0.3, 0.4) is 0 Å². The summed E-state index contributed by atoms with van der Waals surface area (Å²) in [5, 5.41) is 4.02. The molecule has 1 heterocycles. The summed E-state index contributed by atoms with van der Waals surface area (Å²) >= 11 is 6.08. The lowest BCUT2D eigenvalue weighted by molar-refractivity contribution is 0.415. The molecule has 1 aromatic heterocycles. The van der Waals surface area contributed by atoms with E-state index in [-0.39, 0.29) is 0 Å². The number of ether oxygens (including phenoxy) is 1. The second-order valence-electron chi connectivity index (χ2n) is 4.35. The monoisotopic (exact) mass is 279 g/mol. The third-order valence-corrected chi connectivity index (χ3v) is 3.29. The van der Waals surface area contributed by atoms with Crippen molar-refractivity contribution in [2.24, 2.45) is 7.05 Å². The largest absolute Gasteiger partial charge is 0.495 e. The highest BCUT2D eigenvalue weighted by Gasteiger charge is 2.02. The summed E-state index contributed by atoms with van der Waals surface area (Å²) in [6.45, 7) is 1.67. The SMILES string of the molecule is COc1ccc(CNCCc2nccn2C)cc1Cl. The van der Waals surface area contributed by atoms with Crippen LogP contribution in [-0.2, 0) is 20.0 Å². The van der Waals surface area contributed by atoms with E-state index in [0.717, 1.165) is 30.9 Å². The van der Waals surface area contributed by atoms with E-state index in [1.807, 2.05) is 42.2 Å². The van der Waals surface area contributed by atoms with E-state index in [1.54, 1.807) is 7.11 Å². The Hall–Kier alpha value is -1.52. The van der Waals surface area contributed by atoms with Gasteiger partial charge in [-0.2, -0.15) is 0 Å². The maximum absolute atomic E-state index is 6.08. The minimum Gasteiger partial charge on any atom is -0.495 e. The van der Waals surface area contributed by atoms with Gasteiger partial charge in [0.15, 0.2) is 0 Å². The van der Waals surface area contributed by atoms with Crippen molar-refractivity contribution in [3.8, 4) is 5.75 Å². The molecule has 4 nitrogen and oxygen atoms in total. The quantitative estimate of drug-likeness (QED) is 0.826. The molecular weight excluding hydrogens is 262 g/mol. The molecule has 19 heavy (non-hydrogen) atoms. The molecule has 5 heteroatoms. The zero-order chi connectivity index (χ0) is 13.7. The molecule has 0 aliphatic carbocycles. The Labute approximate surface area is 118 Å². The van der Waals surface area contributed by atoms with Crippen LogP contribution in [-0.4, -0.2) is 23.2 Å². The predicted molar refractivity (Wildman–Crippen MR) is 76.6 cm³/mol. The number of methoxy groups -OCH3 is 1. The van der Waals surface area contributed by atoms with Gasteiger partial charge in [-0.3, -0.25) is 0 Å². The third kappa shape index (κ3) is 3.72. The smallest absolute Gasteiger partial charge is 0.137 e.